The standard InChI is InChI=1S/C20H20NO4.BrH/c1-2-23-20(22)15-5-3-14(4-6-15)11-21-8-7-16-9-18-19(25-13-24-18)10-17(16)12-21;/h3-6,9-10,12H,2,7-8,11,13H2,1H3;1H/q+1;/p-1. The quantitative estimate of drug-likeness (QED) is 0.509. The van der Waals surface area contributed by atoms with Gasteiger partial charge in [0.05, 0.1) is 12.2 Å². The van der Waals surface area contributed by atoms with Crippen molar-refractivity contribution in [1.82, 2.24) is 0 Å². The molecule has 0 bridgehead atoms. The summed E-state index contributed by atoms with van der Waals surface area (Å²) in [6.45, 7) is 4.25. The van der Waals surface area contributed by atoms with Crippen molar-refractivity contribution in [3.05, 3.63) is 58.7 Å². The van der Waals surface area contributed by atoms with Gasteiger partial charge in [0.1, 0.15) is 6.54 Å². The zero-order valence-electron chi connectivity index (χ0n) is 14.5. The van der Waals surface area contributed by atoms with Gasteiger partial charge in [-0.25, -0.2) is 9.37 Å². The first kappa shape index (κ1) is 18.5. The molecule has 2 heterocycles. The molecule has 4 rings (SSSR count). The highest BCUT2D eigenvalue weighted by Crippen LogP contribution is 2.35. The summed E-state index contributed by atoms with van der Waals surface area (Å²) in [4.78, 5) is 11.7. The van der Waals surface area contributed by atoms with E-state index in [-0.39, 0.29) is 23.0 Å². The monoisotopic (exact) mass is 417 g/mol. The Morgan fingerprint density at radius 2 is 1.88 bits per heavy atom. The summed E-state index contributed by atoms with van der Waals surface area (Å²) < 4.78 is 18.2. The number of halogens is 1. The number of benzene rings is 2. The van der Waals surface area contributed by atoms with Gasteiger partial charge in [0.2, 0.25) is 6.79 Å². The molecule has 136 valence electrons. The fraction of sp³-hybridized carbons (Fsp3) is 0.300. The Morgan fingerprint density at radius 1 is 1.15 bits per heavy atom. The molecule has 6 heteroatoms. The maximum absolute atomic E-state index is 11.7. The van der Waals surface area contributed by atoms with Crippen LogP contribution in [0, 0.1) is 0 Å². The zero-order valence-corrected chi connectivity index (χ0v) is 16.1. The second-order valence-corrected chi connectivity index (χ2v) is 6.17. The van der Waals surface area contributed by atoms with Crippen molar-refractivity contribution in [2.24, 2.45) is 0 Å². The Hall–Kier alpha value is -2.34. The van der Waals surface area contributed by atoms with Gasteiger partial charge in [-0.2, -0.15) is 0 Å². The van der Waals surface area contributed by atoms with E-state index in [0.29, 0.717) is 19.0 Å². The largest absolute Gasteiger partial charge is 1.00 e. The Bertz CT molecular complexity index is 846. The van der Waals surface area contributed by atoms with E-state index in [9.17, 15) is 4.79 Å². The van der Waals surface area contributed by atoms with Crippen LogP contribution in [0.4, 0.5) is 0 Å². The molecule has 2 aliphatic heterocycles. The number of rotatable bonds is 4. The summed E-state index contributed by atoms with van der Waals surface area (Å²) in [6, 6.07) is 11.7. The lowest BCUT2D eigenvalue weighted by atomic mass is 10.0. The van der Waals surface area contributed by atoms with E-state index in [4.69, 9.17) is 14.2 Å². The zero-order chi connectivity index (χ0) is 17.2. The fourth-order valence-electron chi connectivity index (χ4n) is 3.18. The number of hydrogen-bond donors (Lipinski definition) is 0. The van der Waals surface area contributed by atoms with E-state index in [1.165, 1.54) is 11.1 Å². The average molecular weight is 418 g/mol. The highest BCUT2D eigenvalue weighted by Gasteiger charge is 2.22. The molecule has 0 saturated carbocycles. The van der Waals surface area contributed by atoms with Crippen LogP contribution in [0.5, 0.6) is 11.5 Å². The lowest BCUT2D eigenvalue weighted by molar-refractivity contribution is -0.540. The lowest BCUT2D eigenvalue weighted by Gasteiger charge is -2.13. The van der Waals surface area contributed by atoms with Crippen molar-refractivity contribution in [3.8, 4) is 11.5 Å². The summed E-state index contributed by atoms with van der Waals surface area (Å²) in [5.41, 5.74) is 4.22. The molecular weight excluding hydrogens is 398 g/mol. The first-order chi connectivity index (χ1) is 12.2. The van der Waals surface area contributed by atoms with Crippen molar-refractivity contribution >= 4 is 12.2 Å². The van der Waals surface area contributed by atoms with Gasteiger partial charge in [0.25, 0.3) is 0 Å². The minimum Gasteiger partial charge on any atom is -1.00 e. The van der Waals surface area contributed by atoms with E-state index >= 15 is 0 Å². The minimum absolute atomic E-state index is 0. The van der Waals surface area contributed by atoms with E-state index in [1.807, 2.05) is 37.3 Å². The number of ether oxygens (including phenoxy) is 3. The summed E-state index contributed by atoms with van der Waals surface area (Å²) >= 11 is 0. The number of carbonyl (C=O) groups is 1. The molecule has 26 heavy (non-hydrogen) atoms. The van der Waals surface area contributed by atoms with Crippen molar-refractivity contribution in [2.45, 2.75) is 19.9 Å². The molecule has 0 unspecified atom stereocenters. The molecule has 0 aromatic heterocycles. The number of nitrogens with zero attached hydrogens (tertiary/aromatic N) is 1. The van der Waals surface area contributed by atoms with Crippen LogP contribution in [-0.2, 0) is 17.7 Å². The normalized spacial score (nSPS) is 14.1. The molecule has 0 saturated heterocycles. The molecule has 0 fully saturated rings. The maximum Gasteiger partial charge on any atom is 0.338 e. The molecule has 5 nitrogen and oxygen atoms in total. The minimum atomic E-state index is -0.274. The van der Waals surface area contributed by atoms with E-state index < -0.39 is 0 Å². The van der Waals surface area contributed by atoms with Gasteiger partial charge < -0.3 is 31.2 Å². The van der Waals surface area contributed by atoms with Gasteiger partial charge in [-0.05, 0) is 36.8 Å². The Morgan fingerprint density at radius 3 is 2.62 bits per heavy atom. The van der Waals surface area contributed by atoms with Crippen LogP contribution in [-0.4, -0.2) is 36.7 Å². The predicted molar refractivity (Wildman–Crippen MR) is 92.7 cm³/mol. The third kappa shape index (κ3) is 3.75. The molecular formula is C20H20BrNO4. The topological polar surface area (TPSA) is 47.8 Å². The molecule has 0 aliphatic carbocycles. The molecule has 0 amide bonds. The Kier molecular flexibility index (Phi) is 5.61. The first-order valence-electron chi connectivity index (χ1n) is 8.50. The smallest absolute Gasteiger partial charge is 0.338 e. The summed E-state index contributed by atoms with van der Waals surface area (Å²) in [6.07, 6.45) is 3.14. The van der Waals surface area contributed by atoms with Gasteiger partial charge in [-0.15, -0.1) is 0 Å². The van der Waals surface area contributed by atoms with Gasteiger partial charge in [-0.3, -0.25) is 0 Å². The molecule has 0 radical (unpaired) electrons. The highest BCUT2D eigenvalue weighted by atomic mass is 79.9. The fourth-order valence-corrected chi connectivity index (χ4v) is 3.18. The molecule has 0 atom stereocenters. The van der Waals surface area contributed by atoms with E-state index in [2.05, 4.69) is 16.9 Å². The van der Waals surface area contributed by atoms with Gasteiger partial charge in [0.15, 0.2) is 24.3 Å². The van der Waals surface area contributed by atoms with Crippen LogP contribution >= 0.6 is 0 Å². The number of fused-ring (bicyclic) bond motifs is 2. The summed E-state index contributed by atoms with van der Waals surface area (Å²) in [5.74, 6) is 1.38. The molecule has 0 N–H and O–H groups in total. The molecule has 2 aliphatic rings. The van der Waals surface area contributed by atoms with Gasteiger partial charge >= 0.3 is 5.97 Å². The second-order valence-electron chi connectivity index (χ2n) is 6.17. The van der Waals surface area contributed by atoms with E-state index in [1.54, 1.807) is 0 Å². The van der Waals surface area contributed by atoms with Gasteiger partial charge in [0, 0.05) is 17.5 Å². The number of esters is 1. The van der Waals surface area contributed by atoms with Crippen LogP contribution in [0.2, 0.25) is 0 Å². The molecule has 2 aromatic rings. The number of carbonyl (C=O) groups excluding carboxylic acids is 1. The summed E-state index contributed by atoms with van der Waals surface area (Å²) in [7, 11) is 0. The van der Waals surface area contributed by atoms with Crippen molar-refractivity contribution in [3.63, 3.8) is 0 Å². The molecule has 0 spiro atoms. The van der Waals surface area contributed by atoms with Gasteiger partial charge in [-0.1, -0.05) is 12.1 Å². The van der Waals surface area contributed by atoms with E-state index in [0.717, 1.165) is 36.6 Å². The predicted octanol–water partition coefficient (Wildman–Crippen LogP) is -0.216. The Labute approximate surface area is 163 Å². The third-order valence-corrected chi connectivity index (χ3v) is 4.48. The van der Waals surface area contributed by atoms with Crippen LogP contribution in [0.1, 0.15) is 34.0 Å². The number of hydrogen-bond acceptors (Lipinski definition) is 4. The SMILES string of the molecule is CCOC(=O)c1ccc(C[N+]2=Cc3cc4c(cc3CC2)OCO4)cc1.[Br-]. The van der Waals surface area contributed by atoms with Crippen molar-refractivity contribution in [2.75, 3.05) is 19.9 Å². The van der Waals surface area contributed by atoms with Crippen molar-refractivity contribution in [1.29, 1.82) is 0 Å². The third-order valence-electron chi connectivity index (χ3n) is 4.48. The summed E-state index contributed by atoms with van der Waals surface area (Å²) in [5, 5.41) is 0. The maximum atomic E-state index is 11.7. The van der Waals surface area contributed by atoms with Crippen molar-refractivity contribution < 1.29 is 40.6 Å². The Balaban J connectivity index is 0.00000196. The first-order valence-corrected chi connectivity index (χ1v) is 8.50. The lowest BCUT2D eigenvalue weighted by Crippen LogP contribution is -3.00. The van der Waals surface area contributed by atoms with Crippen LogP contribution in [0.25, 0.3) is 0 Å². The second kappa shape index (κ2) is 7.91. The van der Waals surface area contributed by atoms with Crippen LogP contribution in [0.15, 0.2) is 36.4 Å². The molecule has 2 aromatic carbocycles. The average Bonchev–Trinajstić information content (AvgIpc) is 3.08. The highest BCUT2D eigenvalue weighted by molar-refractivity contribution is 5.89. The van der Waals surface area contributed by atoms with Crippen LogP contribution in [0.3, 0.4) is 0 Å². The van der Waals surface area contributed by atoms with Crippen LogP contribution < -0.4 is 26.5 Å².